The van der Waals surface area contributed by atoms with Gasteiger partial charge >= 0.3 is 0 Å². The molecule has 0 spiro atoms. The van der Waals surface area contributed by atoms with Crippen molar-refractivity contribution in [1.29, 1.82) is 0 Å². The quantitative estimate of drug-likeness (QED) is 0.691. The standard InChI is InChI=1S/C10H14ClNO/c1-7(8(2)11)6-10-9(3)13-5-4-12-10/h6,12H,2,4-5H2,1,3H3/b7-6-. The molecule has 0 aromatic carbocycles. The van der Waals surface area contributed by atoms with E-state index in [0.717, 1.165) is 30.2 Å². The van der Waals surface area contributed by atoms with Crippen LogP contribution in [0.1, 0.15) is 13.8 Å². The van der Waals surface area contributed by atoms with E-state index in [1.807, 2.05) is 19.9 Å². The van der Waals surface area contributed by atoms with Gasteiger partial charge in [0.1, 0.15) is 12.4 Å². The summed E-state index contributed by atoms with van der Waals surface area (Å²) in [6.07, 6.45) is 1.95. The second-order valence-electron chi connectivity index (χ2n) is 2.98. The van der Waals surface area contributed by atoms with Gasteiger partial charge < -0.3 is 10.1 Å². The molecule has 0 aromatic rings. The van der Waals surface area contributed by atoms with Crippen molar-refractivity contribution in [2.45, 2.75) is 13.8 Å². The summed E-state index contributed by atoms with van der Waals surface area (Å²) in [4.78, 5) is 0. The first-order valence-electron chi connectivity index (χ1n) is 4.22. The molecule has 0 amide bonds. The minimum Gasteiger partial charge on any atom is -0.494 e. The Morgan fingerprint density at radius 2 is 2.38 bits per heavy atom. The predicted octanol–water partition coefficient (Wildman–Crippen LogP) is 2.54. The maximum atomic E-state index is 5.74. The normalized spacial score (nSPS) is 17.9. The molecule has 3 heteroatoms. The SMILES string of the molecule is C=C(Cl)/C(C)=C\C1=C(C)OCCN1. The highest BCUT2D eigenvalue weighted by molar-refractivity contribution is 6.31. The van der Waals surface area contributed by atoms with Gasteiger partial charge in [-0.1, -0.05) is 18.2 Å². The number of nitrogens with one attached hydrogen (secondary N) is 1. The molecule has 0 unspecified atom stereocenters. The molecule has 2 nitrogen and oxygen atoms in total. The second-order valence-corrected chi connectivity index (χ2v) is 3.43. The van der Waals surface area contributed by atoms with Crippen molar-refractivity contribution >= 4 is 11.6 Å². The molecular formula is C10H14ClNO. The molecule has 1 heterocycles. The second kappa shape index (κ2) is 4.38. The molecule has 1 rings (SSSR count). The molecule has 0 saturated carbocycles. The van der Waals surface area contributed by atoms with Crippen LogP contribution in [0, 0.1) is 0 Å². The van der Waals surface area contributed by atoms with Gasteiger partial charge in [0.05, 0.1) is 5.70 Å². The van der Waals surface area contributed by atoms with E-state index in [9.17, 15) is 0 Å². The fourth-order valence-electron chi connectivity index (χ4n) is 1.04. The zero-order valence-electron chi connectivity index (χ0n) is 7.98. The lowest BCUT2D eigenvalue weighted by Gasteiger charge is -2.19. The first kappa shape index (κ1) is 10.2. The summed E-state index contributed by atoms with van der Waals surface area (Å²) in [7, 11) is 0. The van der Waals surface area contributed by atoms with Crippen molar-refractivity contribution in [3.63, 3.8) is 0 Å². The molecule has 0 fully saturated rings. The fourth-order valence-corrected chi connectivity index (χ4v) is 1.09. The van der Waals surface area contributed by atoms with Crippen LogP contribution in [0.3, 0.4) is 0 Å². The van der Waals surface area contributed by atoms with Crippen LogP contribution < -0.4 is 5.32 Å². The Hall–Kier alpha value is -0.890. The maximum Gasteiger partial charge on any atom is 0.116 e. The van der Waals surface area contributed by atoms with Gasteiger partial charge in [-0.15, -0.1) is 0 Å². The average Bonchev–Trinajstić information content (AvgIpc) is 2.08. The molecule has 13 heavy (non-hydrogen) atoms. The Morgan fingerprint density at radius 3 is 2.92 bits per heavy atom. The van der Waals surface area contributed by atoms with Gasteiger partial charge in [0, 0.05) is 11.6 Å². The summed E-state index contributed by atoms with van der Waals surface area (Å²) in [6, 6.07) is 0. The first-order chi connectivity index (χ1) is 6.11. The predicted molar refractivity (Wildman–Crippen MR) is 55.4 cm³/mol. The molecule has 0 aromatic heterocycles. The molecule has 0 saturated heterocycles. The number of ether oxygens (including phenoxy) is 1. The van der Waals surface area contributed by atoms with Gasteiger partial charge in [-0.3, -0.25) is 0 Å². The van der Waals surface area contributed by atoms with Gasteiger partial charge in [0.15, 0.2) is 0 Å². The number of allylic oxidation sites excluding steroid dienone is 4. The summed E-state index contributed by atoms with van der Waals surface area (Å²) < 4.78 is 5.37. The monoisotopic (exact) mass is 199 g/mol. The van der Waals surface area contributed by atoms with E-state index >= 15 is 0 Å². The van der Waals surface area contributed by atoms with Gasteiger partial charge in [-0.25, -0.2) is 0 Å². The molecule has 1 aliphatic heterocycles. The van der Waals surface area contributed by atoms with Crippen LogP contribution >= 0.6 is 11.6 Å². The van der Waals surface area contributed by atoms with Crippen LogP contribution in [0.2, 0.25) is 0 Å². The number of halogens is 1. The van der Waals surface area contributed by atoms with Crippen molar-refractivity contribution in [2.75, 3.05) is 13.2 Å². The molecule has 0 atom stereocenters. The van der Waals surface area contributed by atoms with E-state index in [1.54, 1.807) is 0 Å². The summed E-state index contributed by atoms with van der Waals surface area (Å²) in [6.45, 7) is 9.07. The van der Waals surface area contributed by atoms with E-state index in [1.165, 1.54) is 0 Å². The van der Waals surface area contributed by atoms with E-state index in [2.05, 4.69) is 11.9 Å². The fraction of sp³-hybridized carbons (Fsp3) is 0.400. The van der Waals surface area contributed by atoms with Crippen LogP contribution in [0.25, 0.3) is 0 Å². The van der Waals surface area contributed by atoms with Crippen molar-refractivity contribution in [1.82, 2.24) is 5.32 Å². The van der Waals surface area contributed by atoms with Crippen molar-refractivity contribution in [3.8, 4) is 0 Å². The molecular weight excluding hydrogens is 186 g/mol. The Labute approximate surface area is 83.9 Å². The molecule has 0 radical (unpaired) electrons. The Balaban J connectivity index is 2.82. The zero-order valence-corrected chi connectivity index (χ0v) is 8.74. The Morgan fingerprint density at radius 1 is 1.69 bits per heavy atom. The summed E-state index contributed by atoms with van der Waals surface area (Å²) in [5, 5.41) is 3.80. The third-order valence-electron chi connectivity index (χ3n) is 1.90. The minimum absolute atomic E-state index is 0.563. The topological polar surface area (TPSA) is 21.3 Å². The lowest BCUT2D eigenvalue weighted by molar-refractivity contribution is 0.195. The highest BCUT2D eigenvalue weighted by Crippen LogP contribution is 2.16. The lowest BCUT2D eigenvalue weighted by Crippen LogP contribution is -2.25. The van der Waals surface area contributed by atoms with Crippen LogP contribution in [0.15, 0.2) is 34.7 Å². The van der Waals surface area contributed by atoms with E-state index < -0.39 is 0 Å². The van der Waals surface area contributed by atoms with Crippen LogP contribution in [-0.4, -0.2) is 13.2 Å². The van der Waals surface area contributed by atoms with Crippen LogP contribution in [-0.2, 0) is 4.74 Å². The summed E-state index contributed by atoms with van der Waals surface area (Å²) in [5.74, 6) is 0.906. The first-order valence-corrected chi connectivity index (χ1v) is 4.59. The lowest BCUT2D eigenvalue weighted by atomic mass is 10.2. The van der Waals surface area contributed by atoms with Crippen molar-refractivity contribution in [3.05, 3.63) is 34.7 Å². The van der Waals surface area contributed by atoms with Gasteiger partial charge in [-0.2, -0.15) is 0 Å². The smallest absolute Gasteiger partial charge is 0.116 e. The summed E-state index contributed by atoms with van der Waals surface area (Å²) >= 11 is 5.74. The van der Waals surface area contributed by atoms with Crippen LogP contribution in [0.4, 0.5) is 0 Å². The van der Waals surface area contributed by atoms with Crippen molar-refractivity contribution < 1.29 is 4.74 Å². The van der Waals surface area contributed by atoms with E-state index in [4.69, 9.17) is 16.3 Å². The zero-order chi connectivity index (χ0) is 9.84. The number of hydrogen-bond donors (Lipinski definition) is 1. The van der Waals surface area contributed by atoms with Gasteiger partial charge in [0.2, 0.25) is 0 Å². The summed E-state index contributed by atoms with van der Waals surface area (Å²) in [5.41, 5.74) is 1.94. The highest BCUT2D eigenvalue weighted by atomic mass is 35.5. The molecule has 72 valence electrons. The van der Waals surface area contributed by atoms with Crippen molar-refractivity contribution in [2.24, 2.45) is 0 Å². The van der Waals surface area contributed by atoms with E-state index in [-0.39, 0.29) is 0 Å². The van der Waals surface area contributed by atoms with Crippen LogP contribution in [0.5, 0.6) is 0 Å². The maximum absolute atomic E-state index is 5.74. The Bertz CT molecular complexity index is 279. The molecule has 0 bridgehead atoms. The average molecular weight is 200 g/mol. The molecule has 1 N–H and O–H groups in total. The van der Waals surface area contributed by atoms with E-state index in [0.29, 0.717) is 5.03 Å². The minimum atomic E-state index is 0.563. The Kier molecular flexibility index (Phi) is 3.43. The number of hydrogen-bond acceptors (Lipinski definition) is 2. The third kappa shape index (κ3) is 2.81. The molecule has 1 aliphatic rings. The third-order valence-corrected chi connectivity index (χ3v) is 2.20. The molecule has 0 aliphatic carbocycles. The highest BCUT2D eigenvalue weighted by Gasteiger charge is 2.07. The van der Waals surface area contributed by atoms with Gasteiger partial charge in [0.25, 0.3) is 0 Å². The van der Waals surface area contributed by atoms with Gasteiger partial charge in [-0.05, 0) is 25.5 Å². The number of rotatable bonds is 2. The largest absolute Gasteiger partial charge is 0.494 e.